The van der Waals surface area contributed by atoms with Crippen LogP contribution in [0.4, 0.5) is 11.6 Å². The minimum absolute atomic E-state index is 0.518. The first-order valence-electron chi connectivity index (χ1n) is 14.9. The van der Waals surface area contributed by atoms with Gasteiger partial charge in [-0.25, -0.2) is 0 Å². The molecule has 4 aliphatic heterocycles. The van der Waals surface area contributed by atoms with Gasteiger partial charge in [-0.15, -0.1) is 0 Å². The van der Waals surface area contributed by atoms with E-state index in [0.29, 0.717) is 46.0 Å². The van der Waals surface area contributed by atoms with E-state index in [1.807, 2.05) is 104 Å². The summed E-state index contributed by atoms with van der Waals surface area (Å²) in [4.78, 5) is 45.0. The van der Waals surface area contributed by atoms with E-state index in [1.54, 1.807) is 0 Å². The SMILES string of the molecule is O=C([O][Ga]1[n]2c3c4ccccc4c2N=C2N=C(N=c4c5ccccc5c([n]41)=NC1=NC(=N3)c3ccccc31)c1ccccc12)C(Br)(Br)Br. The summed E-state index contributed by atoms with van der Waals surface area (Å²) in [5, 5.41) is 3.35. The molecule has 4 aromatic carbocycles. The van der Waals surface area contributed by atoms with Gasteiger partial charge in [0.1, 0.15) is 0 Å². The number of aromatic nitrogens is 2. The van der Waals surface area contributed by atoms with Crippen molar-refractivity contribution in [3.05, 3.63) is 130 Å². The van der Waals surface area contributed by atoms with Crippen LogP contribution < -0.4 is 11.0 Å². The molecule has 14 heteroatoms. The van der Waals surface area contributed by atoms with Crippen molar-refractivity contribution < 1.29 is 8.32 Å². The molecule has 2 aromatic heterocycles. The Morgan fingerprint density at radius 2 is 0.896 bits per heavy atom. The Morgan fingerprint density at radius 3 is 1.31 bits per heavy atom. The number of amidine groups is 4. The summed E-state index contributed by atoms with van der Waals surface area (Å²) in [6.07, 6.45) is 0. The van der Waals surface area contributed by atoms with Crippen molar-refractivity contribution in [3.63, 3.8) is 0 Å². The zero-order valence-corrected chi connectivity index (χ0v) is 31.5. The van der Waals surface area contributed by atoms with Crippen molar-refractivity contribution in [2.45, 2.75) is 2.14 Å². The molecule has 0 saturated carbocycles. The van der Waals surface area contributed by atoms with Gasteiger partial charge >= 0.3 is 305 Å². The minimum atomic E-state index is -4.05. The van der Waals surface area contributed by atoms with Crippen LogP contribution in [0.5, 0.6) is 0 Å². The van der Waals surface area contributed by atoms with Crippen LogP contribution in [0.3, 0.4) is 0 Å². The molecular weight excluding hydrogens is 862 g/mol. The van der Waals surface area contributed by atoms with Gasteiger partial charge in [-0.05, 0) is 0 Å². The molecule has 0 aliphatic carbocycles. The Hall–Kier alpha value is -4.21. The second-order valence-electron chi connectivity index (χ2n) is 11.4. The maximum atomic E-state index is 13.9. The fourth-order valence-corrected chi connectivity index (χ4v) is 13.1. The first-order chi connectivity index (χ1) is 23.3. The van der Waals surface area contributed by atoms with E-state index in [-0.39, 0.29) is 0 Å². The maximum absolute atomic E-state index is 13.9. The van der Waals surface area contributed by atoms with Crippen LogP contribution in [-0.2, 0) is 8.32 Å². The number of nitrogens with zero attached hydrogens (tertiary/aromatic N) is 8. The van der Waals surface area contributed by atoms with Gasteiger partial charge in [-0.3, -0.25) is 0 Å². The van der Waals surface area contributed by atoms with Crippen LogP contribution in [0.15, 0.2) is 127 Å². The van der Waals surface area contributed by atoms with Crippen LogP contribution in [0.2, 0.25) is 0 Å². The zero-order chi connectivity index (χ0) is 32.3. The van der Waals surface area contributed by atoms with E-state index in [1.165, 1.54) is 0 Å². The van der Waals surface area contributed by atoms with Gasteiger partial charge in [0.25, 0.3) is 0 Å². The summed E-state index contributed by atoms with van der Waals surface area (Å²) in [6, 6.07) is 31.8. The third-order valence-electron chi connectivity index (χ3n) is 8.70. The van der Waals surface area contributed by atoms with Gasteiger partial charge in [0.2, 0.25) is 0 Å². The summed E-state index contributed by atoms with van der Waals surface area (Å²) in [5.74, 6) is 2.66. The Balaban J connectivity index is 1.49. The van der Waals surface area contributed by atoms with Crippen molar-refractivity contribution in [2.24, 2.45) is 30.0 Å². The van der Waals surface area contributed by atoms with Gasteiger partial charge in [0.15, 0.2) is 0 Å². The number of hydrogen-bond acceptors (Lipinski definition) is 8. The number of fused-ring (bicyclic) bond motifs is 14. The standard InChI is InChI=1S/C32H16N8.C2HBr3O2.Ga/c1-2-10-18-17(9-1)25-33-26(18)38-28-21-13-5-6-14-22(21)30(35-28)40-32-24-16-8-7-15-23(24)31(36-32)39-29-20-12-4-3-11-19(20)27(34-29)37-25;3-2(4,5)1(6)7;/h1-16H;(H,6,7);/q-2;;+3/p-1. The predicted octanol–water partition coefficient (Wildman–Crippen LogP) is 6.30. The fraction of sp³-hybridized carbons (Fsp3) is 0.0294. The average Bonchev–Trinajstić information content (AvgIpc) is 3.80. The molecule has 0 fully saturated rings. The molecule has 10 nitrogen and oxygen atoms in total. The Labute approximate surface area is 302 Å². The van der Waals surface area contributed by atoms with Crippen LogP contribution in [0, 0.1) is 0 Å². The molecule has 6 bridgehead atoms. The predicted molar refractivity (Wildman–Crippen MR) is 197 cm³/mol. The molecule has 0 spiro atoms. The average molecular weight is 878 g/mol. The molecule has 6 aromatic rings. The van der Waals surface area contributed by atoms with Crippen LogP contribution in [0.1, 0.15) is 22.3 Å². The quantitative estimate of drug-likeness (QED) is 0.143. The number of aliphatic imine (C=N–C) groups is 4. The van der Waals surface area contributed by atoms with Crippen molar-refractivity contribution >= 4 is 127 Å². The number of halogens is 3. The summed E-state index contributed by atoms with van der Waals surface area (Å²) in [6.45, 7) is 0. The van der Waals surface area contributed by atoms with Crippen LogP contribution >= 0.6 is 47.8 Å². The number of benzene rings is 4. The molecule has 0 saturated heterocycles. The van der Waals surface area contributed by atoms with Crippen molar-refractivity contribution in [2.75, 3.05) is 0 Å². The van der Waals surface area contributed by atoms with E-state index in [0.717, 1.165) is 43.8 Å². The van der Waals surface area contributed by atoms with Gasteiger partial charge in [-0.1, -0.05) is 0 Å². The fourth-order valence-electron chi connectivity index (χ4n) is 6.65. The number of carbonyl (C=O) groups excluding carboxylic acids is 1. The first kappa shape index (κ1) is 28.8. The van der Waals surface area contributed by atoms with Gasteiger partial charge in [0, 0.05) is 0 Å². The Kier molecular flexibility index (Phi) is 6.23. The molecule has 0 amide bonds. The monoisotopic (exact) mass is 874 g/mol. The third-order valence-corrected chi connectivity index (χ3v) is 14.5. The van der Waals surface area contributed by atoms with Gasteiger partial charge in [-0.2, -0.15) is 0 Å². The molecule has 10 rings (SSSR count). The molecule has 0 radical (unpaired) electrons. The van der Waals surface area contributed by atoms with Crippen molar-refractivity contribution in [1.82, 2.24) is 6.55 Å². The number of hydrogen-bond donors (Lipinski definition) is 0. The number of alkyl halides is 3. The summed E-state index contributed by atoms with van der Waals surface area (Å²) < 4.78 is 9.36. The Bertz CT molecular complexity index is 2570. The first-order valence-corrected chi connectivity index (χ1v) is 20.4. The van der Waals surface area contributed by atoms with E-state index >= 15 is 0 Å². The van der Waals surface area contributed by atoms with Crippen LogP contribution in [-0.4, -0.2) is 55.1 Å². The third kappa shape index (κ3) is 4.13. The van der Waals surface area contributed by atoms with E-state index in [9.17, 15) is 4.79 Å². The van der Waals surface area contributed by atoms with Gasteiger partial charge in [0.05, 0.1) is 0 Å². The van der Waals surface area contributed by atoms with Crippen molar-refractivity contribution in [3.8, 4) is 0 Å². The number of rotatable bonds is 1. The summed E-state index contributed by atoms with van der Waals surface area (Å²) in [5.41, 5.74) is 4.60. The van der Waals surface area contributed by atoms with Crippen molar-refractivity contribution in [1.29, 1.82) is 0 Å². The zero-order valence-electron chi connectivity index (χ0n) is 24.3. The summed E-state index contributed by atoms with van der Waals surface area (Å²) >= 11 is 6.17. The van der Waals surface area contributed by atoms with E-state index in [4.69, 9.17) is 33.5 Å². The topological polar surface area (TPSA) is 110 Å². The second-order valence-corrected chi connectivity index (χ2v) is 22.2. The molecule has 0 unspecified atom stereocenters. The molecule has 48 heavy (non-hydrogen) atoms. The molecule has 0 N–H and O–H groups in total. The summed E-state index contributed by atoms with van der Waals surface area (Å²) in [7, 11) is 0. The molecule has 0 atom stereocenters. The number of carbonyl (C=O) groups is 1. The second kappa shape index (κ2) is 10.4. The van der Waals surface area contributed by atoms with Gasteiger partial charge < -0.3 is 0 Å². The van der Waals surface area contributed by atoms with E-state index in [2.05, 4.69) is 47.8 Å². The van der Waals surface area contributed by atoms with Crippen LogP contribution in [0.25, 0.3) is 21.5 Å². The molecule has 4 aliphatic rings. The van der Waals surface area contributed by atoms with E-state index < -0.39 is 25.2 Å². The molecule has 6 heterocycles. The molecule has 228 valence electrons. The normalized spacial score (nSPS) is 15.4. The molecular formula is C34H16Br3GaN8O2. The Morgan fingerprint density at radius 1 is 0.521 bits per heavy atom.